The molecule has 0 unspecified atom stereocenters. The van der Waals surface area contributed by atoms with Crippen molar-refractivity contribution in [3.05, 3.63) is 42.2 Å². The lowest BCUT2D eigenvalue weighted by Gasteiger charge is -2.30. The van der Waals surface area contributed by atoms with Gasteiger partial charge in [-0.3, -0.25) is 9.69 Å². The Morgan fingerprint density at radius 2 is 1.97 bits per heavy atom. The fraction of sp³-hybridized carbons (Fsp3) is 0.333. The minimum atomic E-state index is -0.701. The summed E-state index contributed by atoms with van der Waals surface area (Å²) in [6.45, 7) is 2.38. The van der Waals surface area contributed by atoms with Crippen LogP contribution in [0.4, 0.5) is 5.69 Å². The van der Waals surface area contributed by atoms with Gasteiger partial charge in [0, 0.05) is 24.0 Å². The maximum absolute atomic E-state index is 11.3. The maximum Gasteiger partial charge on any atom is 0.306 e. The van der Waals surface area contributed by atoms with E-state index in [0.29, 0.717) is 30.8 Å². The molecular weight excluding hydrogens is 372 g/mol. The standard InChI is InChI=1S/C21H22N4O4/c22-15-2-4-19-23-20(14-1-3-17-18(9-14)29-12-28-17)16(25(19)10-15)11-24-7-5-13(6-8-24)21(26)27/h1-4,9-10,13H,5-8,11-12,22H2,(H,26,27). The molecule has 0 saturated carbocycles. The number of carboxylic acid groups (broad SMARTS) is 1. The van der Waals surface area contributed by atoms with E-state index in [1.165, 1.54) is 0 Å². The van der Waals surface area contributed by atoms with Gasteiger partial charge in [0.2, 0.25) is 6.79 Å². The second kappa shape index (κ2) is 6.97. The van der Waals surface area contributed by atoms with E-state index in [2.05, 4.69) is 4.90 Å². The summed E-state index contributed by atoms with van der Waals surface area (Å²) in [6.07, 6.45) is 3.21. The second-order valence-electron chi connectivity index (χ2n) is 7.55. The molecular formula is C21H22N4O4. The number of likely N-dealkylation sites (tertiary alicyclic amines) is 1. The van der Waals surface area contributed by atoms with Gasteiger partial charge in [-0.1, -0.05) is 0 Å². The smallest absolute Gasteiger partial charge is 0.306 e. The summed E-state index contributed by atoms with van der Waals surface area (Å²) >= 11 is 0. The van der Waals surface area contributed by atoms with Crippen molar-refractivity contribution in [1.82, 2.24) is 14.3 Å². The third-order valence-corrected chi connectivity index (χ3v) is 5.70. The highest BCUT2D eigenvalue weighted by molar-refractivity contribution is 5.71. The van der Waals surface area contributed by atoms with E-state index >= 15 is 0 Å². The van der Waals surface area contributed by atoms with Crippen LogP contribution in [0.2, 0.25) is 0 Å². The van der Waals surface area contributed by atoms with Crippen LogP contribution in [0, 0.1) is 5.92 Å². The average molecular weight is 394 g/mol. The Morgan fingerprint density at radius 3 is 2.76 bits per heavy atom. The quantitative estimate of drug-likeness (QED) is 0.701. The van der Waals surface area contributed by atoms with Crippen LogP contribution in [0.25, 0.3) is 16.9 Å². The molecule has 0 bridgehead atoms. The van der Waals surface area contributed by atoms with E-state index in [1.807, 2.05) is 40.9 Å². The summed E-state index contributed by atoms with van der Waals surface area (Å²) in [5, 5.41) is 9.25. The van der Waals surface area contributed by atoms with Gasteiger partial charge in [-0.05, 0) is 56.3 Å². The van der Waals surface area contributed by atoms with Gasteiger partial charge in [-0.15, -0.1) is 0 Å². The lowest BCUT2D eigenvalue weighted by Crippen LogP contribution is -2.36. The largest absolute Gasteiger partial charge is 0.481 e. The topological polar surface area (TPSA) is 102 Å². The van der Waals surface area contributed by atoms with Crippen molar-refractivity contribution in [2.75, 3.05) is 25.6 Å². The minimum Gasteiger partial charge on any atom is -0.481 e. The first-order valence-corrected chi connectivity index (χ1v) is 9.70. The number of aromatic nitrogens is 2. The van der Waals surface area contributed by atoms with Gasteiger partial charge in [0.25, 0.3) is 0 Å². The number of nitrogens with zero attached hydrogens (tertiary/aromatic N) is 3. The molecule has 0 spiro atoms. The number of nitrogens with two attached hydrogens (primary N) is 1. The van der Waals surface area contributed by atoms with Crippen LogP contribution in [0.5, 0.6) is 11.5 Å². The van der Waals surface area contributed by atoms with Crippen molar-refractivity contribution in [1.29, 1.82) is 0 Å². The normalized spacial score (nSPS) is 17.1. The summed E-state index contributed by atoms with van der Waals surface area (Å²) in [5.74, 6) is 0.497. The molecule has 5 rings (SSSR count). The second-order valence-corrected chi connectivity index (χ2v) is 7.55. The lowest BCUT2D eigenvalue weighted by atomic mass is 9.97. The van der Waals surface area contributed by atoms with E-state index in [4.69, 9.17) is 20.2 Å². The molecule has 1 saturated heterocycles. The third kappa shape index (κ3) is 3.25. The van der Waals surface area contributed by atoms with Crippen molar-refractivity contribution >= 4 is 17.3 Å². The van der Waals surface area contributed by atoms with E-state index in [0.717, 1.165) is 41.4 Å². The summed E-state index contributed by atoms with van der Waals surface area (Å²) in [4.78, 5) is 18.4. The van der Waals surface area contributed by atoms with E-state index in [-0.39, 0.29) is 12.7 Å². The van der Waals surface area contributed by atoms with E-state index < -0.39 is 5.97 Å². The summed E-state index contributed by atoms with van der Waals surface area (Å²) in [6, 6.07) is 9.59. The Kier molecular flexibility index (Phi) is 4.28. The van der Waals surface area contributed by atoms with Crippen molar-refractivity contribution in [3.63, 3.8) is 0 Å². The lowest BCUT2D eigenvalue weighted by molar-refractivity contribution is -0.143. The zero-order chi connectivity index (χ0) is 20.0. The maximum atomic E-state index is 11.3. The molecule has 1 fully saturated rings. The van der Waals surface area contributed by atoms with Crippen LogP contribution in [0.3, 0.4) is 0 Å². The van der Waals surface area contributed by atoms with Crippen LogP contribution in [0.1, 0.15) is 18.5 Å². The predicted octanol–water partition coefficient (Wildman–Crippen LogP) is 2.61. The SMILES string of the molecule is Nc1ccc2nc(-c3ccc4c(c3)OCO4)c(CN3CCC(C(=O)O)CC3)n2c1. The molecule has 2 aromatic heterocycles. The molecule has 2 aliphatic heterocycles. The highest BCUT2D eigenvalue weighted by atomic mass is 16.7. The number of rotatable bonds is 4. The Hall–Kier alpha value is -3.26. The molecule has 4 heterocycles. The number of imidazole rings is 1. The number of ether oxygens (including phenoxy) is 2. The number of benzene rings is 1. The van der Waals surface area contributed by atoms with Crippen LogP contribution in [-0.2, 0) is 11.3 Å². The number of hydrogen-bond donors (Lipinski definition) is 2. The molecule has 0 radical (unpaired) electrons. The molecule has 1 aromatic carbocycles. The highest BCUT2D eigenvalue weighted by Gasteiger charge is 2.26. The van der Waals surface area contributed by atoms with Gasteiger partial charge in [-0.25, -0.2) is 4.98 Å². The fourth-order valence-corrected chi connectivity index (χ4v) is 4.09. The number of piperidine rings is 1. The number of nitrogen functional groups attached to an aromatic ring is 1. The molecule has 29 heavy (non-hydrogen) atoms. The van der Waals surface area contributed by atoms with Crippen molar-refractivity contribution in [3.8, 4) is 22.8 Å². The number of fused-ring (bicyclic) bond motifs is 2. The number of carbonyl (C=O) groups is 1. The highest BCUT2D eigenvalue weighted by Crippen LogP contribution is 2.37. The Bertz CT molecular complexity index is 1090. The number of carboxylic acids is 1. The van der Waals surface area contributed by atoms with Gasteiger partial charge in [0.1, 0.15) is 5.65 Å². The predicted molar refractivity (Wildman–Crippen MR) is 107 cm³/mol. The Labute approximate surface area is 167 Å². The minimum absolute atomic E-state index is 0.228. The van der Waals surface area contributed by atoms with Gasteiger partial charge in [0.15, 0.2) is 11.5 Å². The Morgan fingerprint density at radius 1 is 1.17 bits per heavy atom. The Balaban J connectivity index is 1.52. The van der Waals surface area contributed by atoms with Crippen molar-refractivity contribution in [2.24, 2.45) is 5.92 Å². The van der Waals surface area contributed by atoms with Crippen molar-refractivity contribution < 1.29 is 19.4 Å². The van der Waals surface area contributed by atoms with Gasteiger partial charge >= 0.3 is 5.97 Å². The monoisotopic (exact) mass is 394 g/mol. The number of anilines is 1. The summed E-state index contributed by atoms with van der Waals surface area (Å²) in [7, 11) is 0. The van der Waals surface area contributed by atoms with E-state index in [9.17, 15) is 9.90 Å². The van der Waals surface area contributed by atoms with Crippen LogP contribution in [0.15, 0.2) is 36.5 Å². The molecule has 2 aliphatic rings. The zero-order valence-corrected chi connectivity index (χ0v) is 15.9. The molecule has 0 amide bonds. The molecule has 150 valence electrons. The van der Waals surface area contributed by atoms with Crippen LogP contribution >= 0.6 is 0 Å². The first kappa shape index (κ1) is 17.8. The average Bonchev–Trinajstić information content (AvgIpc) is 3.32. The first-order chi connectivity index (χ1) is 14.1. The molecule has 3 N–H and O–H groups in total. The number of aliphatic carboxylic acids is 1. The summed E-state index contributed by atoms with van der Waals surface area (Å²) < 4.78 is 13.0. The van der Waals surface area contributed by atoms with Crippen molar-refractivity contribution in [2.45, 2.75) is 19.4 Å². The summed E-state index contributed by atoms with van der Waals surface area (Å²) in [5.41, 5.74) is 10.4. The zero-order valence-electron chi connectivity index (χ0n) is 15.9. The molecule has 8 nitrogen and oxygen atoms in total. The van der Waals surface area contributed by atoms with Crippen LogP contribution < -0.4 is 15.2 Å². The molecule has 8 heteroatoms. The first-order valence-electron chi connectivity index (χ1n) is 9.70. The van der Waals surface area contributed by atoms with Gasteiger partial charge in [0.05, 0.1) is 17.3 Å². The molecule has 0 atom stereocenters. The number of pyridine rings is 1. The number of hydrogen-bond acceptors (Lipinski definition) is 6. The van der Waals surface area contributed by atoms with Gasteiger partial charge in [-0.2, -0.15) is 0 Å². The third-order valence-electron chi connectivity index (χ3n) is 5.70. The molecule has 0 aliphatic carbocycles. The van der Waals surface area contributed by atoms with E-state index in [1.54, 1.807) is 0 Å². The van der Waals surface area contributed by atoms with Crippen LogP contribution in [-0.4, -0.2) is 45.2 Å². The fourth-order valence-electron chi connectivity index (χ4n) is 4.09. The van der Waals surface area contributed by atoms with Gasteiger partial charge < -0.3 is 24.7 Å². The molecule has 3 aromatic rings.